The van der Waals surface area contributed by atoms with E-state index in [-0.39, 0.29) is 40.7 Å². The van der Waals surface area contributed by atoms with Crippen LogP contribution in [0.25, 0.3) is 21.5 Å². The number of fused-ring (bicyclic) bond motifs is 1. The lowest BCUT2D eigenvalue weighted by molar-refractivity contribution is 0.102. The molecule has 3 heterocycles. The number of Topliss-reactive ketones (excluding diaryl/α,β-unsaturated/α-hetero) is 1. The van der Waals surface area contributed by atoms with Gasteiger partial charge in [-0.2, -0.15) is 0 Å². The van der Waals surface area contributed by atoms with Crippen LogP contribution < -0.4 is 5.56 Å². The number of phenols is 2. The number of aromatic hydroxyl groups is 2. The highest BCUT2D eigenvalue weighted by atomic mass is 32.2. The Labute approximate surface area is 178 Å². The van der Waals surface area contributed by atoms with Crippen LogP contribution in [0.2, 0.25) is 0 Å². The number of aromatic nitrogens is 2. The van der Waals surface area contributed by atoms with E-state index in [0.717, 1.165) is 11.8 Å². The average Bonchev–Trinajstić information content (AvgIpc) is 3.40. The summed E-state index contributed by atoms with van der Waals surface area (Å²) < 4.78 is 6.91. The molecule has 4 rings (SSSR count). The first-order valence-electron chi connectivity index (χ1n) is 8.84. The number of thiophene rings is 1. The summed E-state index contributed by atoms with van der Waals surface area (Å²) in [6.45, 7) is 3.95. The molecular weight excluding hydrogens is 424 g/mol. The number of benzene rings is 1. The molecule has 30 heavy (non-hydrogen) atoms. The number of thioether (sulfide) groups is 1. The summed E-state index contributed by atoms with van der Waals surface area (Å²) in [7, 11) is 0. The quantitative estimate of drug-likeness (QED) is 0.145. The van der Waals surface area contributed by atoms with Crippen LogP contribution in [0, 0.1) is 0 Å². The molecule has 9 heteroatoms. The molecule has 7 nitrogen and oxygen atoms in total. The highest BCUT2D eigenvalue weighted by Gasteiger charge is 2.19. The molecule has 1 aromatic carbocycles. The number of rotatable bonds is 7. The smallest absolute Gasteiger partial charge is 0.263 e. The number of phenolic OH excluding ortho intramolecular Hbond substituents is 2. The van der Waals surface area contributed by atoms with Crippen molar-refractivity contribution < 1.29 is 19.4 Å². The Bertz CT molecular complexity index is 1310. The summed E-state index contributed by atoms with van der Waals surface area (Å²) in [5.41, 5.74) is 0.708. The Kier molecular flexibility index (Phi) is 5.47. The molecule has 2 N–H and O–H groups in total. The second-order valence-corrected chi connectivity index (χ2v) is 8.12. The highest BCUT2D eigenvalue weighted by molar-refractivity contribution is 7.99. The fourth-order valence-electron chi connectivity index (χ4n) is 2.93. The van der Waals surface area contributed by atoms with Crippen LogP contribution in [0.4, 0.5) is 0 Å². The molecule has 0 bridgehead atoms. The van der Waals surface area contributed by atoms with Crippen molar-refractivity contribution in [1.29, 1.82) is 0 Å². The summed E-state index contributed by atoms with van der Waals surface area (Å²) >= 11 is 2.46. The summed E-state index contributed by atoms with van der Waals surface area (Å²) in [6.07, 6.45) is 3.14. The van der Waals surface area contributed by atoms with Crippen LogP contribution in [0.5, 0.6) is 11.5 Å². The van der Waals surface area contributed by atoms with Gasteiger partial charge < -0.3 is 14.6 Å². The summed E-state index contributed by atoms with van der Waals surface area (Å²) in [5, 5.41) is 21.7. The molecule has 0 amide bonds. The lowest BCUT2D eigenvalue weighted by Gasteiger charge is -2.10. The van der Waals surface area contributed by atoms with Gasteiger partial charge in [-0.25, -0.2) is 4.98 Å². The molecule has 0 saturated carbocycles. The minimum absolute atomic E-state index is 0.00964. The largest absolute Gasteiger partial charge is 0.504 e. The van der Waals surface area contributed by atoms with E-state index in [9.17, 15) is 19.8 Å². The monoisotopic (exact) mass is 440 g/mol. The first-order chi connectivity index (χ1) is 14.5. The molecule has 0 atom stereocenters. The first-order valence-corrected chi connectivity index (χ1v) is 10.7. The molecule has 0 radical (unpaired) electrons. The molecule has 0 aliphatic carbocycles. The van der Waals surface area contributed by atoms with Crippen LogP contribution in [-0.2, 0) is 6.54 Å². The lowest BCUT2D eigenvalue weighted by Crippen LogP contribution is -2.23. The molecule has 152 valence electrons. The molecule has 3 aromatic heterocycles. The third-order valence-electron chi connectivity index (χ3n) is 4.39. The van der Waals surface area contributed by atoms with Crippen molar-refractivity contribution in [3.8, 4) is 22.8 Å². The van der Waals surface area contributed by atoms with Crippen molar-refractivity contribution in [2.75, 3.05) is 5.75 Å². The van der Waals surface area contributed by atoms with E-state index in [0.29, 0.717) is 26.7 Å². The van der Waals surface area contributed by atoms with Crippen molar-refractivity contribution in [1.82, 2.24) is 9.55 Å². The van der Waals surface area contributed by atoms with Gasteiger partial charge in [0.05, 0.1) is 17.4 Å². The number of allylic oxidation sites excluding steroid dienone is 1. The zero-order valence-electron chi connectivity index (χ0n) is 15.6. The number of nitrogens with zero attached hydrogens (tertiary/aromatic N) is 2. The van der Waals surface area contributed by atoms with E-state index >= 15 is 0 Å². The number of furan rings is 1. The van der Waals surface area contributed by atoms with Crippen LogP contribution in [-0.4, -0.2) is 31.3 Å². The molecule has 0 fully saturated rings. The van der Waals surface area contributed by atoms with Gasteiger partial charge in [0.1, 0.15) is 10.6 Å². The molecule has 4 aromatic rings. The zero-order chi connectivity index (χ0) is 21.3. The van der Waals surface area contributed by atoms with Crippen molar-refractivity contribution in [2.24, 2.45) is 0 Å². The SMILES string of the molecule is C=CCn1c(SCC(=O)c2ccc(O)c(O)c2)nc2scc(-c3ccco3)c2c1=O. The Balaban J connectivity index is 1.69. The van der Waals surface area contributed by atoms with Crippen LogP contribution in [0.3, 0.4) is 0 Å². The lowest BCUT2D eigenvalue weighted by atomic mass is 10.1. The van der Waals surface area contributed by atoms with Gasteiger partial charge in [-0.15, -0.1) is 17.9 Å². The topological polar surface area (TPSA) is 106 Å². The molecule has 0 unspecified atom stereocenters. The van der Waals surface area contributed by atoms with Gasteiger partial charge in [0.2, 0.25) is 0 Å². The Morgan fingerprint density at radius 1 is 1.30 bits per heavy atom. The van der Waals surface area contributed by atoms with Crippen molar-refractivity contribution in [3.05, 3.63) is 70.5 Å². The molecular formula is C21H16N2O5S2. The Morgan fingerprint density at radius 2 is 2.13 bits per heavy atom. The Hall–Kier alpha value is -3.30. The van der Waals surface area contributed by atoms with E-state index in [2.05, 4.69) is 11.6 Å². The Morgan fingerprint density at radius 3 is 2.83 bits per heavy atom. The summed E-state index contributed by atoms with van der Waals surface area (Å²) in [6, 6.07) is 7.44. The van der Waals surface area contributed by atoms with E-state index in [4.69, 9.17) is 4.42 Å². The third-order valence-corrected chi connectivity index (χ3v) is 6.24. The van der Waals surface area contributed by atoms with Crippen LogP contribution in [0.15, 0.2) is 69.0 Å². The van der Waals surface area contributed by atoms with Crippen molar-refractivity contribution in [2.45, 2.75) is 11.7 Å². The van der Waals surface area contributed by atoms with Crippen molar-refractivity contribution in [3.63, 3.8) is 0 Å². The minimum atomic E-state index is -0.363. The van der Waals surface area contributed by atoms with Gasteiger partial charge in [0.15, 0.2) is 22.4 Å². The maximum absolute atomic E-state index is 13.2. The van der Waals surface area contributed by atoms with E-state index in [1.54, 1.807) is 24.5 Å². The molecule has 0 spiro atoms. The molecule has 0 aliphatic rings. The summed E-state index contributed by atoms with van der Waals surface area (Å²) in [5.74, 6) is -0.324. The van der Waals surface area contributed by atoms with Gasteiger partial charge >= 0.3 is 0 Å². The highest BCUT2D eigenvalue weighted by Crippen LogP contribution is 2.33. The van der Waals surface area contributed by atoms with E-state index in [1.165, 1.54) is 34.1 Å². The van der Waals surface area contributed by atoms with Gasteiger partial charge in [-0.1, -0.05) is 17.8 Å². The van der Waals surface area contributed by atoms with Gasteiger partial charge in [-0.05, 0) is 30.3 Å². The standard InChI is InChI=1S/C21H16N2O5S2/c1-2-7-23-20(27)18-13(17-4-3-8-28-17)10-29-19(18)22-21(23)30-11-16(26)12-5-6-14(24)15(25)9-12/h2-6,8-10,24-25H,1,7,11H2. The van der Waals surface area contributed by atoms with Gasteiger partial charge in [0.25, 0.3) is 5.56 Å². The predicted octanol–water partition coefficient (Wildman–Crippen LogP) is 4.29. The third kappa shape index (κ3) is 3.64. The minimum Gasteiger partial charge on any atom is -0.504 e. The summed E-state index contributed by atoms with van der Waals surface area (Å²) in [4.78, 5) is 30.8. The second-order valence-electron chi connectivity index (χ2n) is 6.32. The van der Waals surface area contributed by atoms with Gasteiger partial charge in [0, 0.05) is 23.1 Å². The zero-order valence-corrected chi connectivity index (χ0v) is 17.2. The number of hydrogen-bond donors (Lipinski definition) is 2. The normalized spacial score (nSPS) is 11.1. The van der Waals surface area contributed by atoms with Crippen LogP contribution >= 0.6 is 23.1 Å². The fourth-order valence-corrected chi connectivity index (χ4v) is 4.80. The average molecular weight is 441 g/mol. The maximum Gasteiger partial charge on any atom is 0.263 e. The van der Waals surface area contributed by atoms with Crippen molar-refractivity contribution >= 4 is 39.1 Å². The number of carbonyl (C=O) groups excluding carboxylic acids is 1. The van der Waals surface area contributed by atoms with Gasteiger partial charge in [-0.3, -0.25) is 14.2 Å². The molecule has 0 aliphatic heterocycles. The predicted molar refractivity (Wildman–Crippen MR) is 117 cm³/mol. The molecule has 0 saturated heterocycles. The van der Waals surface area contributed by atoms with Crippen LogP contribution in [0.1, 0.15) is 10.4 Å². The van der Waals surface area contributed by atoms with E-state index in [1.807, 2.05) is 5.38 Å². The second kappa shape index (κ2) is 8.21. The number of ketones is 1. The number of carbonyl (C=O) groups is 1. The maximum atomic E-state index is 13.2. The fraction of sp³-hybridized carbons (Fsp3) is 0.0952. The first kappa shape index (κ1) is 20.0. The van der Waals surface area contributed by atoms with E-state index < -0.39 is 0 Å². The number of hydrogen-bond acceptors (Lipinski definition) is 8.